The van der Waals surface area contributed by atoms with Crippen molar-refractivity contribution in [1.82, 2.24) is 24.7 Å². The number of hydrogen-bond donors (Lipinski definition) is 1. The van der Waals surface area contributed by atoms with Crippen molar-refractivity contribution in [2.75, 3.05) is 0 Å². The minimum atomic E-state index is -0.121. The zero-order valence-electron chi connectivity index (χ0n) is 14.4. The zero-order valence-corrected chi connectivity index (χ0v) is 14.4. The molecule has 130 valence electrons. The number of H-pyrrole nitrogens is 1. The van der Waals surface area contributed by atoms with E-state index in [2.05, 4.69) is 20.1 Å². The van der Waals surface area contributed by atoms with Gasteiger partial charge in [0.1, 0.15) is 11.6 Å². The summed E-state index contributed by atoms with van der Waals surface area (Å²) in [4.78, 5) is 12.2. The fourth-order valence-electron chi connectivity index (χ4n) is 3.58. The second kappa shape index (κ2) is 5.76. The van der Waals surface area contributed by atoms with Gasteiger partial charge in [-0.25, -0.2) is 14.4 Å². The molecule has 0 aliphatic heterocycles. The van der Waals surface area contributed by atoms with Crippen LogP contribution < -0.4 is 0 Å². The Hall–Kier alpha value is -3.02. The normalized spacial score (nSPS) is 14.7. The number of aryl methyl sites for hydroxylation is 1. The number of pyridine rings is 1. The Morgan fingerprint density at radius 2 is 2.08 bits per heavy atom. The van der Waals surface area contributed by atoms with E-state index in [9.17, 15) is 4.39 Å². The van der Waals surface area contributed by atoms with Crippen molar-refractivity contribution >= 4 is 11.2 Å². The van der Waals surface area contributed by atoms with Crippen LogP contribution in [-0.4, -0.2) is 24.7 Å². The number of fused-ring (bicyclic) bond motifs is 1. The molecule has 1 N–H and O–H groups in total. The summed E-state index contributed by atoms with van der Waals surface area (Å²) in [6, 6.07) is 7.45. The lowest BCUT2D eigenvalue weighted by Gasteiger charge is -2.26. The van der Waals surface area contributed by atoms with Crippen molar-refractivity contribution in [2.45, 2.75) is 25.2 Å². The van der Waals surface area contributed by atoms with E-state index in [1.54, 1.807) is 23.1 Å². The summed E-state index contributed by atoms with van der Waals surface area (Å²) in [5, 5.41) is 4.18. The number of nitrogens with zero attached hydrogens (tertiary/aromatic N) is 4. The van der Waals surface area contributed by atoms with Crippen molar-refractivity contribution in [3.05, 3.63) is 54.2 Å². The highest BCUT2D eigenvalue weighted by atomic mass is 19.1. The Kier molecular flexibility index (Phi) is 3.38. The first kappa shape index (κ1) is 15.3. The third-order valence-corrected chi connectivity index (χ3v) is 5.23. The molecule has 0 spiro atoms. The van der Waals surface area contributed by atoms with Gasteiger partial charge in [-0.15, -0.1) is 0 Å². The van der Waals surface area contributed by atoms with Crippen LogP contribution in [-0.2, 0) is 7.05 Å². The van der Waals surface area contributed by atoms with Gasteiger partial charge in [-0.1, -0.05) is 18.6 Å². The predicted molar refractivity (Wildman–Crippen MR) is 98.1 cm³/mol. The first-order chi connectivity index (χ1) is 12.7. The molecule has 26 heavy (non-hydrogen) atoms. The third kappa shape index (κ3) is 2.41. The van der Waals surface area contributed by atoms with Crippen LogP contribution in [0.3, 0.4) is 0 Å². The van der Waals surface area contributed by atoms with Crippen molar-refractivity contribution in [2.24, 2.45) is 7.05 Å². The molecule has 1 saturated carbocycles. The molecule has 3 aromatic heterocycles. The Balaban J connectivity index is 1.60. The van der Waals surface area contributed by atoms with Crippen LogP contribution in [0.15, 0.2) is 42.9 Å². The van der Waals surface area contributed by atoms with Gasteiger partial charge in [-0.3, -0.25) is 4.68 Å². The maximum absolute atomic E-state index is 14.6. The lowest BCUT2D eigenvalue weighted by atomic mass is 9.79. The minimum absolute atomic E-state index is 0.121. The summed E-state index contributed by atoms with van der Waals surface area (Å²) in [5.74, 6) is 0.967. The van der Waals surface area contributed by atoms with Gasteiger partial charge < -0.3 is 4.98 Å². The molecule has 0 unspecified atom stereocenters. The number of aromatic nitrogens is 5. The fraction of sp³-hybridized carbons (Fsp3) is 0.250. The van der Waals surface area contributed by atoms with Crippen LogP contribution in [0.5, 0.6) is 0 Å². The van der Waals surface area contributed by atoms with Gasteiger partial charge in [0.05, 0.1) is 17.3 Å². The number of benzene rings is 1. The molecule has 4 aromatic rings. The van der Waals surface area contributed by atoms with Crippen LogP contribution >= 0.6 is 0 Å². The van der Waals surface area contributed by atoms with Crippen LogP contribution in [0.1, 0.15) is 30.7 Å². The molecule has 1 aliphatic rings. The molecule has 1 aliphatic carbocycles. The van der Waals surface area contributed by atoms with E-state index in [1.807, 2.05) is 31.4 Å². The number of nitrogens with one attached hydrogen (secondary N) is 1. The highest BCUT2D eigenvalue weighted by Gasteiger charge is 2.23. The van der Waals surface area contributed by atoms with E-state index in [1.165, 1.54) is 6.42 Å². The number of aromatic amines is 1. The monoisotopic (exact) mass is 347 g/mol. The molecule has 5 rings (SSSR count). The van der Waals surface area contributed by atoms with E-state index >= 15 is 0 Å². The fourth-order valence-corrected chi connectivity index (χ4v) is 3.58. The van der Waals surface area contributed by atoms with Crippen molar-refractivity contribution in [1.29, 1.82) is 0 Å². The molecule has 1 aromatic carbocycles. The summed E-state index contributed by atoms with van der Waals surface area (Å²) >= 11 is 0. The van der Waals surface area contributed by atoms with Gasteiger partial charge in [0.25, 0.3) is 0 Å². The molecule has 0 bridgehead atoms. The van der Waals surface area contributed by atoms with E-state index in [0.717, 1.165) is 40.6 Å². The first-order valence-corrected chi connectivity index (χ1v) is 8.82. The lowest BCUT2D eigenvalue weighted by Crippen LogP contribution is -2.10. The van der Waals surface area contributed by atoms with E-state index in [-0.39, 0.29) is 5.82 Å². The van der Waals surface area contributed by atoms with Gasteiger partial charge in [0.2, 0.25) is 0 Å². The van der Waals surface area contributed by atoms with Crippen molar-refractivity contribution in [3.8, 4) is 22.5 Å². The van der Waals surface area contributed by atoms with Gasteiger partial charge in [-0.2, -0.15) is 5.10 Å². The predicted octanol–water partition coefficient (Wildman–Crippen LogP) is 4.43. The Labute approximate surface area is 149 Å². The van der Waals surface area contributed by atoms with Gasteiger partial charge in [0.15, 0.2) is 5.65 Å². The minimum Gasteiger partial charge on any atom is -0.336 e. The molecule has 0 atom stereocenters. The number of hydrogen-bond acceptors (Lipinski definition) is 3. The van der Waals surface area contributed by atoms with Gasteiger partial charge in [0, 0.05) is 25.0 Å². The van der Waals surface area contributed by atoms with Crippen molar-refractivity contribution < 1.29 is 4.39 Å². The smallest absolute Gasteiger partial charge is 0.178 e. The first-order valence-electron chi connectivity index (χ1n) is 8.82. The maximum Gasteiger partial charge on any atom is 0.178 e. The number of rotatable bonds is 3. The summed E-state index contributed by atoms with van der Waals surface area (Å²) in [5.41, 5.74) is 4.89. The molecular weight excluding hydrogens is 329 g/mol. The SMILES string of the molecule is Cn1cc(-c2nc3nccc(-c4ccc(C5CCC5)c(F)c4)c3[nH]2)cn1. The maximum atomic E-state index is 14.6. The number of imidazole rings is 1. The van der Waals surface area contributed by atoms with Gasteiger partial charge in [-0.05, 0) is 42.0 Å². The van der Waals surface area contributed by atoms with Crippen LogP contribution in [0, 0.1) is 5.82 Å². The molecular formula is C20H18FN5. The Morgan fingerprint density at radius 1 is 1.19 bits per heavy atom. The Morgan fingerprint density at radius 3 is 2.77 bits per heavy atom. The molecule has 3 heterocycles. The molecule has 0 radical (unpaired) electrons. The van der Waals surface area contributed by atoms with E-state index in [4.69, 9.17) is 0 Å². The highest BCUT2D eigenvalue weighted by molar-refractivity contribution is 5.91. The number of halogens is 1. The van der Waals surface area contributed by atoms with E-state index in [0.29, 0.717) is 17.4 Å². The highest BCUT2D eigenvalue weighted by Crippen LogP contribution is 2.39. The third-order valence-electron chi connectivity index (χ3n) is 5.23. The molecule has 5 nitrogen and oxygen atoms in total. The van der Waals surface area contributed by atoms with Gasteiger partial charge >= 0.3 is 0 Å². The summed E-state index contributed by atoms with van der Waals surface area (Å²) in [6.45, 7) is 0. The quantitative estimate of drug-likeness (QED) is 0.596. The summed E-state index contributed by atoms with van der Waals surface area (Å²) < 4.78 is 16.4. The average molecular weight is 347 g/mol. The van der Waals surface area contributed by atoms with Crippen molar-refractivity contribution in [3.63, 3.8) is 0 Å². The lowest BCUT2D eigenvalue weighted by molar-refractivity contribution is 0.404. The zero-order chi connectivity index (χ0) is 17.7. The van der Waals surface area contributed by atoms with Crippen LogP contribution in [0.2, 0.25) is 0 Å². The average Bonchev–Trinajstić information content (AvgIpc) is 3.20. The molecule has 1 fully saturated rings. The van der Waals surface area contributed by atoms with Crippen LogP contribution in [0.25, 0.3) is 33.7 Å². The largest absolute Gasteiger partial charge is 0.336 e. The molecule has 0 amide bonds. The van der Waals surface area contributed by atoms with Crippen LogP contribution in [0.4, 0.5) is 4.39 Å². The topological polar surface area (TPSA) is 59.4 Å². The Bertz CT molecular complexity index is 1110. The summed E-state index contributed by atoms with van der Waals surface area (Å²) in [6.07, 6.45) is 8.73. The molecule has 0 saturated heterocycles. The summed E-state index contributed by atoms with van der Waals surface area (Å²) in [7, 11) is 1.86. The van der Waals surface area contributed by atoms with E-state index < -0.39 is 0 Å². The second-order valence-electron chi connectivity index (χ2n) is 6.91. The second-order valence-corrected chi connectivity index (χ2v) is 6.91. The molecule has 6 heteroatoms. The standard InChI is InChI=1S/C20H18FN5/c1-26-11-14(10-23-26)19-24-18-16(7-8-22-20(18)25-19)13-5-6-15(17(21)9-13)12-3-2-4-12/h5-12H,2-4H2,1H3,(H,22,24,25).